The third kappa shape index (κ3) is 4.78. The highest BCUT2D eigenvalue weighted by Gasteiger charge is 2.05. The molecule has 18 heavy (non-hydrogen) atoms. The summed E-state index contributed by atoms with van der Waals surface area (Å²) in [6.07, 6.45) is 3.26. The molecule has 0 saturated heterocycles. The van der Waals surface area contributed by atoms with E-state index in [0.29, 0.717) is 13.0 Å². The van der Waals surface area contributed by atoms with Crippen LogP contribution in [0.15, 0.2) is 18.2 Å². The van der Waals surface area contributed by atoms with E-state index in [4.69, 9.17) is 4.74 Å². The Hall–Kier alpha value is -1.51. The minimum atomic E-state index is -0.135. The Labute approximate surface area is 109 Å². The Balaban J connectivity index is 2.49. The van der Waals surface area contributed by atoms with Crippen LogP contribution < -0.4 is 4.74 Å². The second kappa shape index (κ2) is 7.75. The van der Waals surface area contributed by atoms with Gasteiger partial charge in [0, 0.05) is 6.42 Å². The van der Waals surface area contributed by atoms with Crippen LogP contribution in [-0.4, -0.2) is 19.7 Å². The Morgan fingerprint density at radius 2 is 2.06 bits per heavy atom. The van der Waals surface area contributed by atoms with Gasteiger partial charge in [0.15, 0.2) is 0 Å². The van der Waals surface area contributed by atoms with Crippen molar-refractivity contribution in [2.45, 2.75) is 39.5 Å². The van der Waals surface area contributed by atoms with Gasteiger partial charge in [-0.2, -0.15) is 0 Å². The topological polar surface area (TPSA) is 35.5 Å². The van der Waals surface area contributed by atoms with Gasteiger partial charge in [-0.25, -0.2) is 0 Å². The summed E-state index contributed by atoms with van der Waals surface area (Å²) in [6, 6.07) is 6.24. The summed E-state index contributed by atoms with van der Waals surface area (Å²) in [4.78, 5) is 11.0. The standard InChI is InChI=1S/C15H22O3/c1-4-18-14-10-9-12(2)11-13(14)7-5-6-8-15(16)17-3/h9-11H,4-8H2,1-3H3. The summed E-state index contributed by atoms with van der Waals surface area (Å²) >= 11 is 0. The average molecular weight is 250 g/mol. The fraction of sp³-hybridized carbons (Fsp3) is 0.533. The van der Waals surface area contributed by atoms with E-state index in [1.807, 2.05) is 13.0 Å². The van der Waals surface area contributed by atoms with Crippen LogP contribution in [0, 0.1) is 6.92 Å². The zero-order valence-electron chi connectivity index (χ0n) is 11.5. The molecule has 0 radical (unpaired) electrons. The molecule has 100 valence electrons. The van der Waals surface area contributed by atoms with E-state index < -0.39 is 0 Å². The highest BCUT2D eigenvalue weighted by atomic mass is 16.5. The van der Waals surface area contributed by atoms with Crippen molar-refractivity contribution in [2.24, 2.45) is 0 Å². The summed E-state index contributed by atoms with van der Waals surface area (Å²) < 4.78 is 10.2. The van der Waals surface area contributed by atoms with Crippen molar-refractivity contribution in [3.05, 3.63) is 29.3 Å². The van der Waals surface area contributed by atoms with Crippen LogP contribution in [0.5, 0.6) is 5.75 Å². The SMILES string of the molecule is CCOc1ccc(C)cc1CCCCC(=O)OC. The van der Waals surface area contributed by atoms with E-state index in [2.05, 4.69) is 23.8 Å². The molecule has 0 N–H and O–H groups in total. The molecule has 0 aromatic heterocycles. The number of hydrogen-bond acceptors (Lipinski definition) is 3. The summed E-state index contributed by atoms with van der Waals surface area (Å²) in [6.45, 7) is 4.74. The molecule has 0 fully saturated rings. The minimum absolute atomic E-state index is 0.135. The zero-order chi connectivity index (χ0) is 13.4. The van der Waals surface area contributed by atoms with Gasteiger partial charge in [0.25, 0.3) is 0 Å². The van der Waals surface area contributed by atoms with Crippen molar-refractivity contribution in [1.29, 1.82) is 0 Å². The van der Waals surface area contributed by atoms with Crippen LogP contribution in [0.3, 0.4) is 0 Å². The van der Waals surface area contributed by atoms with Gasteiger partial charge >= 0.3 is 5.97 Å². The average Bonchev–Trinajstić information content (AvgIpc) is 2.37. The number of aryl methyl sites for hydroxylation is 2. The van der Waals surface area contributed by atoms with Crippen LogP contribution in [0.2, 0.25) is 0 Å². The number of carbonyl (C=O) groups is 1. The number of carbonyl (C=O) groups excluding carboxylic acids is 1. The number of ether oxygens (including phenoxy) is 2. The lowest BCUT2D eigenvalue weighted by atomic mass is 10.0. The zero-order valence-corrected chi connectivity index (χ0v) is 11.5. The van der Waals surface area contributed by atoms with Gasteiger partial charge in [-0.15, -0.1) is 0 Å². The molecule has 0 saturated carbocycles. The fourth-order valence-electron chi connectivity index (χ4n) is 1.89. The lowest BCUT2D eigenvalue weighted by molar-refractivity contribution is -0.140. The Morgan fingerprint density at radius 1 is 1.28 bits per heavy atom. The molecule has 0 bridgehead atoms. The van der Waals surface area contributed by atoms with E-state index in [1.165, 1.54) is 18.2 Å². The third-order valence-corrected chi connectivity index (χ3v) is 2.82. The van der Waals surface area contributed by atoms with Gasteiger partial charge in [0.2, 0.25) is 0 Å². The fourth-order valence-corrected chi connectivity index (χ4v) is 1.89. The van der Waals surface area contributed by atoms with Crippen molar-refractivity contribution in [3.63, 3.8) is 0 Å². The van der Waals surface area contributed by atoms with Crippen LogP contribution in [0.25, 0.3) is 0 Å². The number of methoxy groups -OCH3 is 1. The monoisotopic (exact) mass is 250 g/mol. The molecule has 1 rings (SSSR count). The number of esters is 1. The second-order valence-electron chi connectivity index (χ2n) is 4.33. The first kappa shape index (κ1) is 14.6. The highest BCUT2D eigenvalue weighted by molar-refractivity contribution is 5.68. The van der Waals surface area contributed by atoms with Crippen molar-refractivity contribution >= 4 is 5.97 Å². The smallest absolute Gasteiger partial charge is 0.305 e. The first-order chi connectivity index (χ1) is 8.67. The molecule has 0 aliphatic carbocycles. The van der Waals surface area contributed by atoms with E-state index in [-0.39, 0.29) is 5.97 Å². The van der Waals surface area contributed by atoms with Crippen molar-refractivity contribution in [2.75, 3.05) is 13.7 Å². The highest BCUT2D eigenvalue weighted by Crippen LogP contribution is 2.22. The number of hydrogen-bond donors (Lipinski definition) is 0. The molecule has 0 unspecified atom stereocenters. The summed E-state index contributed by atoms with van der Waals surface area (Å²) in [5.74, 6) is 0.824. The van der Waals surface area contributed by atoms with Crippen LogP contribution in [0.1, 0.15) is 37.3 Å². The molecule has 1 aromatic rings. The Bertz CT molecular complexity index is 385. The van der Waals surface area contributed by atoms with E-state index in [1.54, 1.807) is 0 Å². The molecule has 0 aliphatic rings. The van der Waals surface area contributed by atoms with E-state index in [0.717, 1.165) is 25.0 Å². The largest absolute Gasteiger partial charge is 0.494 e. The van der Waals surface area contributed by atoms with Crippen molar-refractivity contribution in [1.82, 2.24) is 0 Å². The van der Waals surface area contributed by atoms with E-state index in [9.17, 15) is 4.79 Å². The normalized spacial score (nSPS) is 10.2. The lowest BCUT2D eigenvalue weighted by Crippen LogP contribution is -2.01. The second-order valence-corrected chi connectivity index (χ2v) is 4.33. The van der Waals surface area contributed by atoms with Gasteiger partial charge in [-0.3, -0.25) is 4.79 Å². The molecule has 1 aromatic carbocycles. The first-order valence-corrected chi connectivity index (χ1v) is 6.46. The number of rotatable bonds is 7. The Morgan fingerprint density at radius 3 is 2.72 bits per heavy atom. The third-order valence-electron chi connectivity index (χ3n) is 2.82. The maximum atomic E-state index is 11.0. The molecule has 0 atom stereocenters. The maximum Gasteiger partial charge on any atom is 0.305 e. The molecule has 3 heteroatoms. The predicted octanol–water partition coefficient (Wildman–Crippen LogP) is 3.28. The van der Waals surface area contributed by atoms with Crippen LogP contribution in [-0.2, 0) is 16.0 Å². The summed E-state index contributed by atoms with van der Waals surface area (Å²) in [5, 5.41) is 0. The molecular formula is C15H22O3. The van der Waals surface area contributed by atoms with Crippen molar-refractivity contribution in [3.8, 4) is 5.75 Å². The quantitative estimate of drug-likeness (QED) is 0.550. The molecule has 0 heterocycles. The molecular weight excluding hydrogens is 228 g/mol. The molecule has 0 spiro atoms. The van der Waals surface area contributed by atoms with Crippen LogP contribution >= 0.6 is 0 Å². The molecule has 3 nitrogen and oxygen atoms in total. The molecule has 0 amide bonds. The van der Waals surface area contributed by atoms with Gasteiger partial charge < -0.3 is 9.47 Å². The van der Waals surface area contributed by atoms with Gasteiger partial charge in [0.1, 0.15) is 5.75 Å². The lowest BCUT2D eigenvalue weighted by Gasteiger charge is -2.11. The summed E-state index contributed by atoms with van der Waals surface area (Å²) in [5.41, 5.74) is 2.46. The predicted molar refractivity (Wildman–Crippen MR) is 71.9 cm³/mol. The van der Waals surface area contributed by atoms with Crippen LogP contribution in [0.4, 0.5) is 0 Å². The Kier molecular flexibility index (Phi) is 6.26. The summed E-state index contributed by atoms with van der Waals surface area (Å²) in [7, 11) is 1.43. The maximum absolute atomic E-state index is 11.0. The first-order valence-electron chi connectivity index (χ1n) is 6.46. The van der Waals surface area contributed by atoms with Gasteiger partial charge in [-0.05, 0) is 44.7 Å². The number of unbranched alkanes of at least 4 members (excludes halogenated alkanes) is 1. The number of benzene rings is 1. The van der Waals surface area contributed by atoms with Crippen molar-refractivity contribution < 1.29 is 14.3 Å². The van der Waals surface area contributed by atoms with Gasteiger partial charge in [0.05, 0.1) is 13.7 Å². The van der Waals surface area contributed by atoms with Gasteiger partial charge in [-0.1, -0.05) is 17.7 Å². The van der Waals surface area contributed by atoms with E-state index >= 15 is 0 Å². The minimum Gasteiger partial charge on any atom is -0.494 e. The molecule has 0 aliphatic heterocycles.